The van der Waals surface area contributed by atoms with Crippen LogP contribution in [0.5, 0.6) is 0 Å². The summed E-state index contributed by atoms with van der Waals surface area (Å²) in [7, 11) is 0. The van der Waals surface area contributed by atoms with Crippen molar-refractivity contribution < 1.29 is 0 Å². The summed E-state index contributed by atoms with van der Waals surface area (Å²) in [6.07, 6.45) is 4.80. The molecule has 0 spiro atoms. The molecular weight excluding hydrogens is 226 g/mol. The Morgan fingerprint density at radius 2 is 1.93 bits per heavy atom. The molecule has 1 nitrogen and oxygen atoms in total. The minimum Gasteiger partial charge on any atom is -0.328 e. The first-order chi connectivity index (χ1) is 7.24. The summed E-state index contributed by atoms with van der Waals surface area (Å²) >= 11 is 7.89. The van der Waals surface area contributed by atoms with E-state index in [-0.39, 0.29) is 0 Å². The maximum absolute atomic E-state index is 5.95. The van der Waals surface area contributed by atoms with Gasteiger partial charge in [0.15, 0.2) is 0 Å². The van der Waals surface area contributed by atoms with E-state index in [0.29, 0.717) is 6.04 Å². The second-order valence-corrected chi connectivity index (χ2v) is 5.92. The van der Waals surface area contributed by atoms with Gasteiger partial charge in [-0.15, -0.1) is 11.8 Å². The van der Waals surface area contributed by atoms with Crippen LogP contribution >= 0.6 is 23.4 Å². The highest BCUT2D eigenvalue weighted by Crippen LogP contribution is 2.33. The molecule has 3 heteroatoms. The van der Waals surface area contributed by atoms with E-state index in [1.165, 1.54) is 17.7 Å². The second-order valence-electron chi connectivity index (χ2n) is 4.11. The maximum Gasteiger partial charge on any atom is 0.0417 e. The van der Waals surface area contributed by atoms with Gasteiger partial charge in [-0.1, -0.05) is 17.7 Å². The molecule has 1 aromatic rings. The first kappa shape index (κ1) is 11.3. The summed E-state index contributed by atoms with van der Waals surface area (Å²) in [5, 5.41) is 1.55. The van der Waals surface area contributed by atoms with Crippen molar-refractivity contribution in [1.82, 2.24) is 0 Å². The summed E-state index contributed by atoms with van der Waals surface area (Å²) in [5.41, 5.74) is 5.88. The predicted molar refractivity (Wildman–Crippen MR) is 67.5 cm³/mol. The summed E-state index contributed by atoms with van der Waals surface area (Å²) in [6, 6.07) is 8.54. The summed E-state index contributed by atoms with van der Waals surface area (Å²) in [5.74, 6) is 0. The number of benzene rings is 1. The van der Waals surface area contributed by atoms with Gasteiger partial charge in [-0.3, -0.25) is 0 Å². The molecule has 0 aromatic heterocycles. The molecule has 2 rings (SSSR count). The smallest absolute Gasteiger partial charge is 0.0417 e. The van der Waals surface area contributed by atoms with Crippen LogP contribution in [0.4, 0.5) is 0 Å². The van der Waals surface area contributed by atoms with Crippen molar-refractivity contribution in [3.63, 3.8) is 0 Å². The third-order valence-corrected chi connectivity index (χ3v) is 4.38. The molecule has 0 saturated heterocycles. The van der Waals surface area contributed by atoms with Crippen molar-refractivity contribution in [2.45, 2.75) is 41.9 Å². The lowest BCUT2D eigenvalue weighted by Crippen LogP contribution is -2.27. The maximum atomic E-state index is 5.95. The lowest BCUT2D eigenvalue weighted by Gasteiger charge is -2.25. The normalized spacial score (nSPS) is 26.5. The molecule has 1 aliphatic carbocycles. The monoisotopic (exact) mass is 241 g/mol. The molecule has 0 amide bonds. The Morgan fingerprint density at radius 1 is 1.20 bits per heavy atom. The van der Waals surface area contributed by atoms with Crippen LogP contribution in [-0.2, 0) is 0 Å². The minimum absolute atomic E-state index is 0.432. The molecule has 15 heavy (non-hydrogen) atoms. The fourth-order valence-electron chi connectivity index (χ4n) is 1.94. The molecule has 1 aromatic carbocycles. The predicted octanol–water partition coefficient (Wildman–Crippen LogP) is 3.70. The van der Waals surface area contributed by atoms with Gasteiger partial charge in [-0.2, -0.15) is 0 Å². The number of hydrogen-bond donors (Lipinski definition) is 1. The summed E-state index contributed by atoms with van der Waals surface area (Å²) in [6.45, 7) is 0. The Bertz CT molecular complexity index is 321. The van der Waals surface area contributed by atoms with Gasteiger partial charge in [0.2, 0.25) is 0 Å². The first-order valence-electron chi connectivity index (χ1n) is 5.42. The number of hydrogen-bond acceptors (Lipinski definition) is 2. The third-order valence-electron chi connectivity index (χ3n) is 2.82. The van der Waals surface area contributed by atoms with Crippen LogP contribution in [0.1, 0.15) is 25.7 Å². The Morgan fingerprint density at radius 3 is 2.60 bits per heavy atom. The Kier molecular flexibility index (Phi) is 3.95. The molecular formula is C12H16ClNS. The van der Waals surface area contributed by atoms with Crippen LogP contribution in [0.3, 0.4) is 0 Å². The van der Waals surface area contributed by atoms with E-state index in [0.717, 1.165) is 23.1 Å². The average Bonchev–Trinajstić information content (AvgIpc) is 2.22. The zero-order valence-electron chi connectivity index (χ0n) is 8.66. The van der Waals surface area contributed by atoms with Crippen molar-refractivity contribution in [2.75, 3.05) is 0 Å². The Balaban J connectivity index is 1.92. The highest BCUT2D eigenvalue weighted by atomic mass is 35.5. The van der Waals surface area contributed by atoms with E-state index in [9.17, 15) is 0 Å². The van der Waals surface area contributed by atoms with Gasteiger partial charge in [0.1, 0.15) is 0 Å². The van der Waals surface area contributed by atoms with Crippen molar-refractivity contribution in [3.05, 3.63) is 29.3 Å². The van der Waals surface area contributed by atoms with E-state index in [1.807, 2.05) is 30.0 Å². The molecule has 1 aliphatic rings. The van der Waals surface area contributed by atoms with E-state index < -0.39 is 0 Å². The summed E-state index contributed by atoms with van der Waals surface area (Å²) in [4.78, 5) is 1.28. The highest BCUT2D eigenvalue weighted by Gasteiger charge is 2.19. The molecule has 82 valence electrons. The van der Waals surface area contributed by atoms with E-state index in [2.05, 4.69) is 6.07 Å². The van der Waals surface area contributed by atoms with Crippen molar-refractivity contribution >= 4 is 23.4 Å². The molecule has 0 heterocycles. The number of thioether (sulfide) groups is 1. The van der Waals surface area contributed by atoms with Gasteiger partial charge < -0.3 is 5.73 Å². The van der Waals surface area contributed by atoms with Crippen molar-refractivity contribution in [3.8, 4) is 0 Å². The third kappa shape index (κ3) is 3.40. The van der Waals surface area contributed by atoms with Crippen LogP contribution in [0, 0.1) is 0 Å². The molecule has 1 fully saturated rings. The van der Waals surface area contributed by atoms with Gasteiger partial charge in [0.25, 0.3) is 0 Å². The second kappa shape index (κ2) is 5.24. The quantitative estimate of drug-likeness (QED) is 0.855. The standard InChI is InChI=1S/C12H16ClNS/c13-9-2-1-3-12(8-9)15-11-6-4-10(14)5-7-11/h1-3,8,10-11H,4-7,14H2. The topological polar surface area (TPSA) is 26.0 Å². The fourth-order valence-corrected chi connectivity index (χ4v) is 3.44. The van der Waals surface area contributed by atoms with Crippen LogP contribution in [0.25, 0.3) is 0 Å². The Hall–Kier alpha value is -0.180. The molecule has 0 radical (unpaired) electrons. The highest BCUT2D eigenvalue weighted by molar-refractivity contribution is 8.00. The molecule has 0 unspecified atom stereocenters. The zero-order valence-corrected chi connectivity index (χ0v) is 10.2. The van der Waals surface area contributed by atoms with Crippen LogP contribution in [0.15, 0.2) is 29.2 Å². The van der Waals surface area contributed by atoms with Crippen molar-refractivity contribution in [2.24, 2.45) is 5.73 Å². The average molecular weight is 242 g/mol. The molecule has 1 saturated carbocycles. The van der Waals surface area contributed by atoms with E-state index in [1.54, 1.807) is 0 Å². The zero-order chi connectivity index (χ0) is 10.7. The molecule has 2 N–H and O–H groups in total. The van der Waals surface area contributed by atoms with Crippen LogP contribution in [-0.4, -0.2) is 11.3 Å². The number of nitrogens with two attached hydrogens (primary N) is 1. The van der Waals surface area contributed by atoms with Gasteiger partial charge in [-0.25, -0.2) is 0 Å². The SMILES string of the molecule is NC1CCC(Sc2cccc(Cl)c2)CC1. The van der Waals surface area contributed by atoms with Gasteiger partial charge in [-0.05, 0) is 43.9 Å². The van der Waals surface area contributed by atoms with E-state index in [4.69, 9.17) is 17.3 Å². The molecule has 0 bridgehead atoms. The first-order valence-corrected chi connectivity index (χ1v) is 6.67. The fraction of sp³-hybridized carbons (Fsp3) is 0.500. The van der Waals surface area contributed by atoms with Gasteiger partial charge in [0, 0.05) is 21.2 Å². The molecule has 0 atom stereocenters. The van der Waals surface area contributed by atoms with Gasteiger partial charge >= 0.3 is 0 Å². The lowest BCUT2D eigenvalue weighted by atomic mass is 9.96. The number of rotatable bonds is 2. The van der Waals surface area contributed by atoms with Crippen molar-refractivity contribution in [1.29, 1.82) is 0 Å². The molecule has 0 aliphatic heterocycles. The Labute approximate surface area is 100 Å². The van der Waals surface area contributed by atoms with Crippen LogP contribution in [0.2, 0.25) is 5.02 Å². The minimum atomic E-state index is 0.432. The van der Waals surface area contributed by atoms with Gasteiger partial charge in [0.05, 0.1) is 0 Å². The lowest BCUT2D eigenvalue weighted by molar-refractivity contribution is 0.451. The number of halogens is 1. The van der Waals surface area contributed by atoms with E-state index >= 15 is 0 Å². The summed E-state index contributed by atoms with van der Waals surface area (Å²) < 4.78 is 0. The van der Waals surface area contributed by atoms with Crippen LogP contribution < -0.4 is 5.73 Å². The largest absolute Gasteiger partial charge is 0.328 e.